The molecule has 1 aromatic heterocycles. The van der Waals surface area contributed by atoms with E-state index in [1.807, 2.05) is 14.0 Å². The summed E-state index contributed by atoms with van der Waals surface area (Å²) < 4.78 is 4.19. The fourth-order valence-corrected chi connectivity index (χ4v) is 2.23. The molecule has 1 atom stereocenters. The summed E-state index contributed by atoms with van der Waals surface area (Å²) in [4.78, 5) is 4.37. The molecular weight excluding hydrogens is 194 g/mol. The van der Waals surface area contributed by atoms with E-state index < -0.39 is 0 Å². The maximum atomic E-state index is 4.37. The van der Waals surface area contributed by atoms with Gasteiger partial charge in [0.15, 0.2) is 0 Å². The van der Waals surface area contributed by atoms with Crippen LogP contribution in [0, 0.1) is 12.8 Å². The van der Waals surface area contributed by atoms with Crippen LogP contribution >= 0.6 is 11.5 Å². The van der Waals surface area contributed by atoms with E-state index in [4.69, 9.17) is 0 Å². The Kier molecular flexibility index (Phi) is 4.48. The van der Waals surface area contributed by atoms with Crippen molar-refractivity contribution in [2.75, 3.05) is 7.05 Å². The summed E-state index contributed by atoms with van der Waals surface area (Å²) in [5, 5.41) is 4.47. The number of aryl methyl sites for hydroxylation is 1. The lowest BCUT2D eigenvalue weighted by molar-refractivity contribution is 0.440. The highest BCUT2D eigenvalue weighted by atomic mass is 32.1. The number of hydrogen-bond acceptors (Lipinski definition) is 4. The minimum atomic E-state index is 0.530. The Morgan fingerprint density at radius 2 is 2.14 bits per heavy atom. The molecule has 1 unspecified atom stereocenters. The predicted octanol–water partition coefficient (Wildman–Crippen LogP) is 2.02. The molecule has 0 aliphatic heterocycles. The molecule has 0 saturated carbocycles. The molecule has 0 aliphatic carbocycles. The molecule has 1 N–H and O–H groups in total. The number of hydrogen-bond donors (Lipinski definition) is 1. The van der Waals surface area contributed by atoms with Crippen molar-refractivity contribution < 1.29 is 0 Å². The number of nitrogens with one attached hydrogen (secondary N) is 1. The second-order valence-electron chi connectivity index (χ2n) is 4.05. The minimum absolute atomic E-state index is 0.530. The molecule has 4 heteroatoms. The van der Waals surface area contributed by atoms with Crippen LogP contribution in [0.25, 0.3) is 0 Å². The van der Waals surface area contributed by atoms with Crippen molar-refractivity contribution in [3.8, 4) is 0 Å². The largest absolute Gasteiger partial charge is 0.317 e. The molecule has 0 saturated heterocycles. The summed E-state index contributed by atoms with van der Waals surface area (Å²) in [6, 6.07) is 0.530. The van der Waals surface area contributed by atoms with Gasteiger partial charge >= 0.3 is 0 Å². The van der Waals surface area contributed by atoms with E-state index in [-0.39, 0.29) is 0 Å². The van der Waals surface area contributed by atoms with Gasteiger partial charge in [0.2, 0.25) is 0 Å². The third kappa shape index (κ3) is 3.72. The first-order chi connectivity index (χ1) is 6.61. The van der Waals surface area contributed by atoms with Crippen molar-refractivity contribution in [3.63, 3.8) is 0 Å². The van der Waals surface area contributed by atoms with Crippen LogP contribution in [0.1, 0.15) is 31.1 Å². The van der Waals surface area contributed by atoms with Gasteiger partial charge in [-0.2, -0.15) is 4.37 Å². The molecule has 0 aliphatic rings. The van der Waals surface area contributed by atoms with E-state index in [0.29, 0.717) is 6.04 Å². The van der Waals surface area contributed by atoms with E-state index in [1.54, 1.807) is 0 Å². The first-order valence-corrected chi connectivity index (χ1v) is 5.85. The van der Waals surface area contributed by atoms with Crippen LogP contribution in [-0.4, -0.2) is 22.4 Å². The van der Waals surface area contributed by atoms with Crippen LogP contribution in [0.4, 0.5) is 0 Å². The van der Waals surface area contributed by atoms with Crippen molar-refractivity contribution >= 4 is 11.5 Å². The summed E-state index contributed by atoms with van der Waals surface area (Å²) in [7, 11) is 2.01. The average Bonchev–Trinajstić information content (AvgIpc) is 2.49. The summed E-state index contributed by atoms with van der Waals surface area (Å²) >= 11 is 1.52. The van der Waals surface area contributed by atoms with Gasteiger partial charge in [-0.05, 0) is 37.8 Å². The van der Waals surface area contributed by atoms with Crippen molar-refractivity contribution in [1.82, 2.24) is 14.7 Å². The zero-order chi connectivity index (χ0) is 10.6. The van der Waals surface area contributed by atoms with Crippen LogP contribution in [-0.2, 0) is 6.42 Å². The zero-order valence-electron chi connectivity index (χ0n) is 9.37. The highest BCUT2D eigenvalue weighted by Gasteiger charge is 2.11. The van der Waals surface area contributed by atoms with Crippen LogP contribution in [0.2, 0.25) is 0 Å². The second-order valence-corrected chi connectivity index (χ2v) is 4.89. The van der Waals surface area contributed by atoms with Gasteiger partial charge in [0, 0.05) is 12.5 Å². The first-order valence-electron chi connectivity index (χ1n) is 5.08. The monoisotopic (exact) mass is 213 g/mol. The van der Waals surface area contributed by atoms with Crippen molar-refractivity contribution in [1.29, 1.82) is 0 Å². The van der Waals surface area contributed by atoms with Crippen LogP contribution in [0.15, 0.2) is 0 Å². The Hall–Kier alpha value is -0.480. The van der Waals surface area contributed by atoms with Crippen LogP contribution in [0.3, 0.4) is 0 Å². The topological polar surface area (TPSA) is 37.8 Å². The molecule has 1 heterocycles. The van der Waals surface area contributed by atoms with E-state index in [0.717, 1.165) is 23.2 Å². The molecular formula is C10H19N3S. The summed E-state index contributed by atoms with van der Waals surface area (Å²) in [6.07, 6.45) is 2.19. The molecule has 0 radical (unpaired) electrons. The Bertz CT molecular complexity index is 270. The lowest BCUT2D eigenvalue weighted by atomic mass is 10.0. The van der Waals surface area contributed by atoms with Gasteiger partial charge in [0.05, 0.1) is 0 Å². The van der Waals surface area contributed by atoms with Gasteiger partial charge in [-0.25, -0.2) is 4.98 Å². The fraction of sp³-hybridized carbons (Fsp3) is 0.800. The van der Waals surface area contributed by atoms with Gasteiger partial charge < -0.3 is 5.32 Å². The van der Waals surface area contributed by atoms with Crippen molar-refractivity contribution in [3.05, 3.63) is 10.8 Å². The molecule has 0 aromatic carbocycles. The van der Waals surface area contributed by atoms with Crippen LogP contribution < -0.4 is 5.32 Å². The average molecular weight is 213 g/mol. The third-order valence-corrected chi connectivity index (χ3v) is 2.98. The number of likely N-dealkylation sites (N-methyl/N-ethyl adjacent to an activating group) is 1. The Labute approximate surface area is 90.1 Å². The maximum Gasteiger partial charge on any atom is 0.139 e. The maximum absolute atomic E-state index is 4.37. The Morgan fingerprint density at radius 3 is 2.57 bits per heavy atom. The summed E-state index contributed by atoms with van der Waals surface area (Å²) in [5.74, 6) is 1.62. The zero-order valence-corrected chi connectivity index (χ0v) is 10.2. The lowest BCUT2D eigenvalue weighted by Crippen LogP contribution is -2.29. The quantitative estimate of drug-likeness (QED) is 0.813. The van der Waals surface area contributed by atoms with Gasteiger partial charge in [0.1, 0.15) is 10.8 Å². The van der Waals surface area contributed by atoms with E-state index in [2.05, 4.69) is 28.5 Å². The standard InChI is InChI=1S/C10H19N3S/c1-7(2)5-9(11-4)6-10-12-8(3)13-14-10/h7,9,11H,5-6H2,1-4H3. The normalized spacial score (nSPS) is 13.5. The summed E-state index contributed by atoms with van der Waals surface area (Å²) in [6.45, 7) is 6.43. The Morgan fingerprint density at radius 1 is 1.43 bits per heavy atom. The second kappa shape index (κ2) is 5.41. The van der Waals surface area contributed by atoms with Gasteiger partial charge in [-0.3, -0.25) is 0 Å². The molecule has 0 spiro atoms. The fourth-order valence-electron chi connectivity index (χ4n) is 1.51. The highest BCUT2D eigenvalue weighted by Crippen LogP contribution is 2.12. The van der Waals surface area contributed by atoms with Crippen molar-refractivity contribution in [2.45, 2.75) is 39.7 Å². The van der Waals surface area contributed by atoms with E-state index in [1.165, 1.54) is 18.0 Å². The molecule has 1 rings (SSSR count). The Balaban J connectivity index is 2.48. The number of rotatable bonds is 5. The third-order valence-electron chi connectivity index (χ3n) is 2.15. The summed E-state index contributed by atoms with van der Waals surface area (Å²) in [5.41, 5.74) is 0. The smallest absolute Gasteiger partial charge is 0.139 e. The van der Waals surface area contributed by atoms with Crippen molar-refractivity contribution in [2.24, 2.45) is 5.92 Å². The predicted molar refractivity (Wildman–Crippen MR) is 60.7 cm³/mol. The molecule has 1 aromatic rings. The molecule has 3 nitrogen and oxygen atoms in total. The van der Waals surface area contributed by atoms with Crippen LogP contribution in [0.5, 0.6) is 0 Å². The van der Waals surface area contributed by atoms with Gasteiger partial charge in [-0.15, -0.1) is 0 Å². The number of aromatic nitrogens is 2. The first kappa shape index (κ1) is 11.6. The molecule has 0 bridgehead atoms. The SMILES string of the molecule is CNC(Cc1nc(C)ns1)CC(C)C. The minimum Gasteiger partial charge on any atom is -0.317 e. The molecule has 14 heavy (non-hydrogen) atoms. The van der Waals surface area contributed by atoms with E-state index in [9.17, 15) is 0 Å². The van der Waals surface area contributed by atoms with Gasteiger partial charge in [0.25, 0.3) is 0 Å². The van der Waals surface area contributed by atoms with E-state index >= 15 is 0 Å². The molecule has 0 fully saturated rings. The molecule has 80 valence electrons. The number of nitrogens with zero attached hydrogens (tertiary/aromatic N) is 2. The van der Waals surface area contributed by atoms with Gasteiger partial charge in [-0.1, -0.05) is 13.8 Å². The highest BCUT2D eigenvalue weighted by molar-refractivity contribution is 7.05. The molecule has 0 amide bonds. The lowest BCUT2D eigenvalue weighted by Gasteiger charge is -2.16.